The highest BCUT2D eigenvalue weighted by molar-refractivity contribution is 6.01. The van der Waals surface area contributed by atoms with E-state index in [0.717, 1.165) is 0 Å². The summed E-state index contributed by atoms with van der Waals surface area (Å²) in [5.74, 6) is 0.531. The van der Waals surface area contributed by atoms with E-state index in [2.05, 4.69) is 15.3 Å². The fourth-order valence-corrected chi connectivity index (χ4v) is 7.15. The van der Waals surface area contributed by atoms with E-state index < -0.39 is 17.2 Å². The fourth-order valence-electron chi connectivity index (χ4n) is 7.15. The van der Waals surface area contributed by atoms with Crippen molar-refractivity contribution in [3.05, 3.63) is 100 Å². The van der Waals surface area contributed by atoms with Crippen molar-refractivity contribution < 1.29 is 28.2 Å². The van der Waals surface area contributed by atoms with Gasteiger partial charge in [-0.1, -0.05) is 18.2 Å². The van der Waals surface area contributed by atoms with Crippen LogP contribution in [0.3, 0.4) is 0 Å². The van der Waals surface area contributed by atoms with Gasteiger partial charge in [-0.15, -0.1) is 0 Å². The van der Waals surface area contributed by atoms with Crippen LogP contribution in [-0.4, -0.2) is 90.8 Å². The van der Waals surface area contributed by atoms with Gasteiger partial charge in [0.1, 0.15) is 16.8 Å². The molecule has 0 bridgehead atoms. The van der Waals surface area contributed by atoms with Gasteiger partial charge in [0.25, 0.3) is 11.8 Å². The van der Waals surface area contributed by atoms with Crippen molar-refractivity contribution in [2.24, 2.45) is 0 Å². The molecule has 2 aromatic heterocycles. The zero-order valence-corrected chi connectivity index (χ0v) is 28.0. The van der Waals surface area contributed by atoms with Crippen molar-refractivity contribution >= 4 is 34.4 Å². The molecule has 1 unspecified atom stereocenters. The molecule has 5 aromatic rings. The third-order valence-corrected chi connectivity index (χ3v) is 9.63. The lowest BCUT2D eigenvalue weighted by atomic mass is 10.0. The first-order valence-electron chi connectivity index (χ1n) is 16.6. The Morgan fingerprint density at radius 1 is 0.922 bits per heavy atom. The zero-order valence-electron chi connectivity index (χ0n) is 28.0. The van der Waals surface area contributed by atoms with Crippen LogP contribution >= 0.6 is 0 Å². The Morgan fingerprint density at radius 3 is 2.47 bits per heavy atom. The van der Waals surface area contributed by atoms with E-state index in [1.54, 1.807) is 64.5 Å². The standard InChI is InChI=1S/C37H34FN7O6/c1-49-29-10-5-7-23(33(29)50-2)35(47)41-22-11-14-44(20-22)31-26(38)19-24-30-34(31)51-28-9-4-3-8-27(28)45(30)21-25(32(24)46)36(48)42-15-17-43(18-16-42)37-39-12-6-13-40-37/h3-10,12-13,19,21-22H,11,14-18,20H2,1-2H3,(H,41,47). The van der Waals surface area contributed by atoms with E-state index in [9.17, 15) is 14.4 Å². The van der Waals surface area contributed by atoms with Gasteiger partial charge in [0.05, 0.1) is 30.9 Å². The summed E-state index contributed by atoms with van der Waals surface area (Å²) in [6.45, 7) is 2.44. The number of nitrogens with one attached hydrogen (secondary N) is 1. The number of ether oxygens (including phenoxy) is 3. The number of halogens is 1. The molecule has 1 N–H and O–H groups in total. The van der Waals surface area contributed by atoms with Crippen LogP contribution in [0.2, 0.25) is 0 Å². The summed E-state index contributed by atoms with van der Waals surface area (Å²) in [6, 6.07) is 14.9. The third-order valence-electron chi connectivity index (χ3n) is 9.63. The average Bonchev–Trinajstić information content (AvgIpc) is 3.62. The van der Waals surface area contributed by atoms with Crippen LogP contribution in [0.5, 0.6) is 23.0 Å². The Bertz CT molecular complexity index is 2240. The Kier molecular flexibility index (Phi) is 8.13. The van der Waals surface area contributed by atoms with Gasteiger partial charge in [-0.3, -0.25) is 14.4 Å². The highest BCUT2D eigenvalue weighted by Gasteiger charge is 2.35. The molecule has 2 saturated heterocycles. The maximum atomic E-state index is 16.4. The van der Waals surface area contributed by atoms with Crippen molar-refractivity contribution in [1.29, 1.82) is 0 Å². The molecule has 8 rings (SSSR count). The average molecular weight is 692 g/mol. The Balaban J connectivity index is 1.11. The monoisotopic (exact) mass is 691 g/mol. The smallest absolute Gasteiger partial charge is 0.259 e. The number of piperazine rings is 1. The quantitative estimate of drug-likeness (QED) is 0.262. The number of carbonyl (C=O) groups is 2. The predicted molar refractivity (Wildman–Crippen MR) is 187 cm³/mol. The first kappa shape index (κ1) is 32.0. The van der Waals surface area contributed by atoms with Crippen LogP contribution in [0.25, 0.3) is 16.6 Å². The number of pyridine rings is 1. The molecule has 2 amide bonds. The van der Waals surface area contributed by atoms with Crippen LogP contribution in [0.4, 0.5) is 16.0 Å². The minimum atomic E-state index is -0.664. The lowest BCUT2D eigenvalue weighted by Crippen LogP contribution is -2.50. The van der Waals surface area contributed by atoms with Crippen molar-refractivity contribution in [1.82, 2.24) is 24.8 Å². The van der Waals surface area contributed by atoms with E-state index in [1.165, 1.54) is 20.3 Å². The molecule has 14 heteroatoms. The second kappa shape index (κ2) is 12.9. The predicted octanol–water partition coefficient (Wildman–Crippen LogP) is 4.01. The number of hydrogen-bond acceptors (Lipinski definition) is 10. The minimum Gasteiger partial charge on any atom is -0.493 e. The largest absolute Gasteiger partial charge is 0.493 e. The molecule has 3 aromatic carbocycles. The maximum absolute atomic E-state index is 16.4. The number of methoxy groups -OCH3 is 2. The number of carbonyl (C=O) groups excluding carboxylic acids is 2. The van der Waals surface area contributed by atoms with Crippen LogP contribution in [-0.2, 0) is 0 Å². The summed E-state index contributed by atoms with van der Waals surface area (Å²) in [4.78, 5) is 55.4. The molecule has 3 aliphatic rings. The number of hydrogen-bond donors (Lipinski definition) is 1. The molecule has 2 fully saturated rings. The molecule has 0 aliphatic carbocycles. The number of aromatic nitrogens is 3. The molecule has 0 radical (unpaired) electrons. The van der Waals surface area contributed by atoms with E-state index >= 15 is 4.39 Å². The number of benzene rings is 3. The third kappa shape index (κ3) is 5.52. The van der Waals surface area contributed by atoms with Crippen molar-refractivity contribution in [2.45, 2.75) is 12.5 Å². The number of fused-ring (bicyclic) bond motifs is 2. The van der Waals surface area contributed by atoms with Gasteiger partial charge in [0.15, 0.2) is 28.8 Å². The van der Waals surface area contributed by atoms with Crippen LogP contribution in [0.15, 0.2) is 78.0 Å². The highest BCUT2D eigenvalue weighted by atomic mass is 19.1. The second-order valence-corrected chi connectivity index (χ2v) is 12.5. The lowest BCUT2D eigenvalue weighted by molar-refractivity contribution is 0.0744. The summed E-state index contributed by atoms with van der Waals surface area (Å²) in [6.07, 6.45) is 5.42. The van der Waals surface area contributed by atoms with Crippen molar-refractivity contribution in [2.75, 3.05) is 63.3 Å². The molecule has 0 saturated carbocycles. The molecule has 13 nitrogen and oxygen atoms in total. The van der Waals surface area contributed by atoms with Gasteiger partial charge < -0.3 is 38.8 Å². The number of amides is 2. The molecular formula is C37H34FN7O6. The van der Waals surface area contributed by atoms with Gasteiger partial charge in [-0.05, 0) is 42.8 Å². The second-order valence-electron chi connectivity index (χ2n) is 12.5. The SMILES string of the molecule is COc1cccc(C(=O)NC2CCN(c3c(F)cc4c(=O)c(C(=O)N5CCN(c6ncccn6)CC5)cn5c4c3Oc3ccccc3-5)C2)c1OC. The van der Waals surface area contributed by atoms with Crippen LogP contribution in [0, 0.1) is 5.82 Å². The Labute approximate surface area is 291 Å². The highest BCUT2D eigenvalue weighted by Crippen LogP contribution is 2.47. The van der Waals surface area contributed by atoms with Crippen molar-refractivity contribution in [3.8, 4) is 28.7 Å². The topological polar surface area (TPSA) is 131 Å². The summed E-state index contributed by atoms with van der Waals surface area (Å²) in [5, 5.41) is 3.08. The maximum Gasteiger partial charge on any atom is 0.259 e. The molecular weight excluding hydrogens is 657 g/mol. The van der Waals surface area contributed by atoms with Gasteiger partial charge in [0.2, 0.25) is 11.4 Å². The van der Waals surface area contributed by atoms with Crippen LogP contribution in [0.1, 0.15) is 27.1 Å². The number of anilines is 2. The van der Waals surface area contributed by atoms with E-state index in [0.29, 0.717) is 85.7 Å². The zero-order chi connectivity index (χ0) is 35.2. The first-order chi connectivity index (χ1) is 24.9. The number of para-hydroxylation sites is 3. The van der Waals surface area contributed by atoms with Crippen LogP contribution < -0.4 is 34.8 Å². The summed E-state index contributed by atoms with van der Waals surface area (Å²) in [7, 11) is 2.97. The van der Waals surface area contributed by atoms with Gasteiger partial charge in [-0.2, -0.15) is 0 Å². The van der Waals surface area contributed by atoms with Crippen molar-refractivity contribution in [3.63, 3.8) is 0 Å². The normalized spacial score (nSPS) is 16.5. The molecule has 0 spiro atoms. The molecule has 51 heavy (non-hydrogen) atoms. The van der Waals surface area contributed by atoms with E-state index in [1.807, 2.05) is 21.9 Å². The minimum absolute atomic E-state index is 0.0390. The Hall–Kier alpha value is -6.18. The number of nitrogens with zero attached hydrogens (tertiary/aromatic N) is 6. The fraction of sp³-hybridized carbons (Fsp3) is 0.270. The van der Waals surface area contributed by atoms with Gasteiger partial charge in [-0.25, -0.2) is 14.4 Å². The van der Waals surface area contributed by atoms with Gasteiger partial charge in [0, 0.05) is 63.9 Å². The summed E-state index contributed by atoms with van der Waals surface area (Å²) < 4.78 is 35.3. The van der Waals surface area contributed by atoms with Gasteiger partial charge >= 0.3 is 0 Å². The summed E-state index contributed by atoms with van der Waals surface area (Å²) >= 11 is 0. The molecule has 5 heterocycles. The molecule has 260 valence electrons. The molecule has 1 atom stereocenters. The first-order valence-corrected chi connectivity index (χ1v) is 16.6. The lowest BCUT2D eigenvalue weighted by Gasteiger charge is -2.35. The van der Waals surface area contributed by atoms with E-state index in [-0.39, 0.29) is 34.3 Å². The number of rotatable bonds is 7. The summed E-state index contributed by atoms with van der Waals surface area (Å²) in [5.41, 5.74) is 0.854. The van der Waals surface area contributed by atoms with E-state index in [4.69, 9.17) is 14.2 Å². The molecule has 3 aliphatic heterocycles. The Morgan fingerprint density at radius 2 is 1.71 bits per heavy atom.